The van der Waals surface area contributed by atoms with Crippen LogP contribution < -0.4 is 0 Å². The summed E-state index contributed by atoms with van der Waals surface area (Å²) in [7, 11) is 0. The molecule has 2 atom stereocenters. The van der Waals surface area contributed by atoms with E-state index in [4.69, 9.17) is 9.47 Å². The van der Waals surface area contributed by atoms with Gasteiger partial charge in [0, 0.05) is 25.0 Å². The minimum Gasteiger partial charge on any atom is -0.379 e. The maximum Gasteiger partial charge on any atom is 0.0706 e. The Hall–Kier alpha value is -0.120. The fraction of sp³-hybridized carbons (Fsp3) is 1.00. The van der Waals surface area contributed by atoms with Crippen LogP contribution in [0.25, 0.3) is 0 Å². The van der Waals surface area contributed by atoms with Gasteiger partial charge < -0.3 is 9.47 Å². The van der Waals surface area contributed by atoms with Crippen LogP contribution in [0.5, 0.6) is 0 Å². The van der Waals surface area contributed by atoms with Gasteiger partial charge in [0.15, 0.2) is 0 Å². The van der Waals surface area contributed by atoms with Gasteiger partial charge in [0.1, 0.15) is 0 Å². The van der Waals surface area contributed by atoms with Gasteiger partial charge >= 0.3 is 0 Å². The van der Waals surface area contributed by atoms with E-state index in [0.717, 1.165) is 26.3 Å². The lowest BCUT2D eigenvalue weighted by Gasteiger charge is -2.32. The first-order valence-electron chi connectivity index (χ1n) is 7.71. The normalized spacial score (nSPS) is 37.2. The third-order valence-corrected chi connectivity index (χ3v) is 4.97. The Morgan fingerprint density at radius 1 is 1.22 bits per heavy atom. The number of rotatable bonds is 2. The molecular weight excluding hydrogens is 226 g/mol. The molecule has 1 spiro atoms. The Balaban J connectivity index is 1.57. The molecule has 0 aromatic rings. The molecule has 3 rings (SSSR count). The first-order chi connectivity index (χ1) is 8.76. The summed E-state index contributed by atoms with van der Waals surface area (Å²) in [5, 5.41) is 0. The minimum absolute atomic E-state index is 0.469. The van der Waals surface area contributed by atoms with Crippen molar-refractivity contribution in [2.24, 2.45) is 5.41 Å². The van der Waals surface area contributed by atoms with E-state index in [9.17, 15) is 0 Å². The van der Waals surface area contributed by atoms with E-state index in [0.29, 0.717) is 17.6 Å². The van der Waals surface area contributed by atoms with Crippen LogP contribution in [0.3, 0.4) is 0 Å². The van der Waals surface area contributed by atoms with Gasteiger partial charge in [0.2, 0.25) is 0 Å². The third-order valence-electron chi connectivity index (χ3n) is 4.97. The monoisotopic (exact) mass is 253 g/mol. The average molecular weight is 253 g/mol. The Kier molecular flexibility index (Phi) is 3.92. The van der Waals surface area contributed by atoms with Crippen molar-refractivity contribution in [1.29, 1.82) is 0 Å². The van der Waals surface area contributed by atoms with Gasteiger partial charge in [-0.1, -0.05) is 12.8 Å². The molecule has 18 heavy (non-hydrogen) atoms. The molecular formula is C15H27NO2. The largest absolute Gasteiger partial charge is 0.379 e. The summed E-state index contributed by atoms with van der Waals surface area (Å²) in [4.78, 5) is 2.61. The highest BCUT2D eigenvalue weighted by Gasteiger charge is 2.38. The van der Waals surface area contributed by atoms with Crippen molar-refractivity contribution in [3.05, 3.63) is 0 Å². The Bertz CT molecular complexity index is 276. The highest BCUT2D eigenvalue weighted by molar-refractivity contribution is 4.90. The number of hydrogen-bond donors (Lipinski definition) is 0. The lowest BCUT2D eigenvalue weighted by molar-refractivity contribution is 0.0249. The molecule has 0 aromatic carbocycles. The van der Waals surface area contributed by atoms with Gasteiger partial charge in [-0.05, 0) is 32.6 Å². The van der Waals surface area contributed by atoms with Crippen molar-refractivity contribution in [3.63, 3.8) is 0 Å². The minimum atomic E-state index is 0.469. The summed E-state index contributed by atoms with van der Waals surface area (Å²) < 4.78 is 11.8. The smallest absolute Gasteiger partial charge is 0.0706 e. The van der Waals surface area contributed by atoms with E-state index in [2.05, 4.69) is 11.8 Å². The summed E-state index contributed by atoms with van der Waals surface area (Å²) in [6.07, 6.45) is 8.94. The second kappa shape index (κ2) is 5.48. The zero-order valence-electron chi connectivity index (χ0n) is 11.7. The van der Waals surface area contributed by atoms with E-state index in [1.807, 2.05) is 0 Å². The topological polar surface area (TPSA) is 21.7 Å². The first kappa shape index (κ1) is 12.9. The second-order valence-electron chi connectivity index (χ2n) is 6.64. The molecule has 3 nitrogen and oxygen atoms in total. The second-order valence-corrected chi connectivity index (χ2v) is 6.64. The van der Waals surface area contributed by atoms with Crippen LogP contribution in [0, 0.1) is 5.41 Å². The van der Waals surface area contributed by atoms with E-state index < -0.39 is 0 Å². The molecule has 2 aliphatic heterocycles. The number of hydrogen-bond acceptors (Lipinski definition) is 3. The Morgan fingerprint density at radius 2 is 2.06 bits per heavy atom. The van der Waals surface area contributed by atoms with Crippen LogP contribution in [-0.4, -0.2) is 50.0 Å². The molecule has 0 amide bonds. The Morgan fingerprint density at radius 3 is 2.78 bits per heavy atom. The van der Waals surface area contributed by atoms with Gasteiger partial charge in [-0.15, -0.1) is 0 Å². The Labute approximate surface area is 111 Å². The molecule has 0 bridgehead atoms. The number of ether oxygens (including phenoxy) is 2. The molecule has 104 valence electrons. The standard InChI is InChI=1S/C15H27NO2/c1-13-4-5-14(18-13)10-16-8-9-17-12-15(11-16)6-2-3-7-15/h13-14H,2-12H2,1H3/t13-,14-/m1/s1. The van der Waals surface area contributed by atoms with E-state index in [1.54, 1.807) is 0 Å². The molecule has 3 aliphatic rings. The predicted molar refractivity (Wildman–Crippen MR) is 71.7 cm³/mol. The third kappa shape index (κ3) is 2.89. The molecule has 0 unspecified atom stereocenters. The highest BCUT2D eigenvalue weighted by Crippen LogP contribution is 2.40. The van der Waals surface area contributed by atoms with E-state index in [-0.39, 0.29) is 0 Å². The van der Waals surface area contributed by atoms with Crippen LogP contribution in [0.2, 0.25) is 0 Å². The molecule has 0 N–H and O–H groups in total. The van der Waals surface area contributed by atoms with Crippen molar-refractivity contribution in [1.82, 2.24) is 4.90 Å². The number of nitrogens with zero attached hydrogens (tertiary/aromatic N) is 1. The van der Waals surface area contributed by atoms with Gasteiger partial charge in [0.25, 0.3) is 0 Å². The summed E-state index contributed by atoms with van der Waals surface area (Å²) in [6.45, 7) is 7.55. The van der Waals surface area contributed by atoms with Crippen LogP contribution in [0.15, 0.2) is 0 Å². The van der Waals surface area contributed by atoms with Crippen LogP contribution >= 0.6 is 0 Å². The predicted octanol–water partition coefficient (Wildman–Crippen LogP) is 2.45. The van der Waals surface area contributed by atoms with Gasteiger partial charge in [-0.25, -0.2) is 0 Å². The molecule has 2 saturated heterocycles. The van der Waals surface area contributed by atoms with E-state index in [1.165, 1.54) is 45.1 Å². The SMILES string of the molecule is C[C@@H]1CC[C@H](CN2CCOCC3(CCCC3)C2)O1. The fourth-order valence-corrected chi connectivity index (χ4v) is 3.97. The maximum absolute atomic E-state index is 5.97. The lowest BCUT2D eigenvalue weighted by atomic mass is 9.86. The van der Waals surface area contributed by atoms with Gasteiger partial charge in [-0.2, -0.15) is 0 Å². The summed E-state index contributed by atoms with van der Waals surface area (Å²) in [5.41, 5.74) is 0.473. The highest BCUT2D eigenvalue weighted by atomic mass is 16.5. The molecule has 2 heterocycles. The molecule has 1 aliphatic carbocycles. The average Bonchev–Trinajstić information content (AvgIpc) is 2.89. The molecule has 1 saturated carbocycles. The van der Waals surface area contributed by atoms with Crippen molar-refractivity contribution in [2.75, 3.05) is 32.8 Å². The fourth-order valence-electron chi connectivity index (χ4n) is 3.97. The van der Waals surface area contributed by atoms with Crippen molar-refractivity contribution >= 4 is 0 Å². The first-order valence-corrected chi connectivity index (χ1v) is 7.71. The lowest BCUT2D eigenvalue weighted by Crippen LogP contribution is -2.40. The van der Waals surface area contributed by atoms with Gasteiger partial charge in [-0.3, -0.25) is 4.90 Å². The molecule has 3 fully saturated rings. The quantitative estimate of drug-likeness (QED) is 0.754. The maximum atomic E-state index is 5.97. The molecule has 0 aromatic heterocycles. The van der Waals surface area contributed by atoms with Crippen LogP contribution in [0.4, 0.5) is 0 Å². The van der Waals surface area contributed by atoms with Crippen molar-refractivity contribution in [2.45, 2.75) is 57.7 Å². The zero-order chi connectivity index (χ0) is 12.4. The van der Waals surface area contributed by atoms with Gasteiger partial charge in [0.05, 0.1) is 25.4 Å². The van der Waals surface area contributed by atoms with Crippen LogP contribution in [0.1, 0.15) is 45.4 Å². The van der Waals surface area contributed by atoms with E-state index >= 15 is 0 Å². The zero-order valence-corrected chi connectivity index (χ0v) is 11.7. The molecule has 3 heteroatoms. The summed E-state index contributed by atoms with van der Waals surface area (Å²) in [5.74, 6) is 0. The molecule has 0 radical (unpaired) electrons. The van der Waals surface area contributed by atoms with Crippen molar-refractivity contribution < 1.29 is 9.47 Å². The summed E-state index contributed by atoms with van der Waals surface area (Å²) >= 11 is 0. The van der Waals surface area contributed by atoms with Crippen LogP contribution in [-0.2, 0) is 9.47 Å². The summed E-state index contributed by atoms with van der Waals surface area (Å²) in [6, 6.07) is 0. The van der Waals surface area contributed by atoms with Crippen molar-refractivity contribution in [3.8, 4) is 0 Å².